The summed E-state index contributed by atoms with van der Waals surface area (Å²) in [5.74, 6) is -0.0517. The fraction of sp³-hybridized carbons (Fsp3) is 0.619. The van der Waals surface area contributed by atoms with Crippen molar-refractivity contribution in [2.45, 2.75) is 41.8 Å². The van der Waals surface area contributed by atoms with Gasteiger partial charge >= 0.3 is 37.3 Å². The topological polar surface area (TPSA) is 205 Å². The molecule has 0 radical (unpaired) electrons. The van der Waals surface area contributed by atoms with Gasteiger partial charge in [0, 0.05) is 43.6 Å². The van der Waals surface area contributed by atoms with Crippen LogP contribution < -0.4 is 0 Å². The minimum Gasteiger partial charge on any atom is -0.445 e. The van der Waals surface area contributed by atoms with Crippen LogP contribution in [0.5, 0.6) is 0 Å². The summed E-state index contributed by atoms with van der Waals surface area (Å²) in [4.78, 5) is 41.4. The number of alkyl halides is 6. The van der Waals surface area contributed by atoms with Crippen molar-refractivity contribution in [1.29, 1.82) is 0 Å². The van der Waals surface area contributed by atoms with Gasteiger partial charge in [-0.2, -0.15) is 55.8 Å². The Balaban J connectivity index is 0.000000521. The number of hydrogen-bond acceptors (Lipinski definition) is 11. The number of nitro benzene ring substituents is 1. The third-order valence-electron chi connectivity index (χ3n) is 5.92. The molecular formula is C21H28F6N4O11S3. The molecule has 2 atom stereocenters. The maximum Gasteiger partial charge on any atom is 0.522 e. The molecule has 1 aromatic carbocycles. The quantitative estimate of drug-likeness (QED) is 0.102. The first-order valence-corrected chi connectivity index (χ1v) is 15.6. The summed E-state index contributed by atoms with van der Waals surface area (Å²) in [5.41, 5.74) is -10.4. The van der Waals surface area contributed by atoms with E-state index in [0.717, 1.165) is 19.5 Å². The SMILES string of the molecule is CN1CCCN(C(=O)[C@@H]2C[C@H](S)CN2C(=O)OCc2ccc([N+](=O)[O-])cc2)CC1.O=S(=O)(O)C(F)(F)F.O=S(=O)(O)C(F)(F)F. The Hall–Kier alpha value is -2.93. The molecule has 3 rings (SSSR count). The van der Waals surface area contributed by atoms with Crippen LogP contribution in [0, 0.1) is 10.1 Å². The first-order valence-electron chi connectivity index (χ1n) is 12.2. The predicted octanol–water partition coefficient (Wildman–Crippen LogP) is 2.56. The number of likely N-dealkylation sites (tertiary alicyclic amines) is 1. The summed E-state index contributed by atoms with van der Waals surface area (Å²) in [6.07, 6.45) is 0.843. The average Bonchev–Trinajstić information content (AvgIpc) is 3.15. The fourth-order valence-corrected chi connectivity index (χ4v) is 4.04. The molecule has 2 heterocycles. The highest BCUT2D eigenvalue weighted by Gasteiger charge is 2.45. The molecule has 1 aromatic rings. The molecule has 2 fully saturated rings. The van der Waals surface area contributed by atoms with E-state index >= 15 is 0 Å². The fourth-order valence-electron chi connectivity index (χ4n) is 3.67. The Morgan fingerprint density at radius 2 is 1.47 bits per heavy atom. The zero-order valence-electron chi connectivity index (χ0n) is 23.0. The van der Waals surface area contributed by atoms with Gasteiger partial charge in [0.05, 0.1) is 4.92 Å². The zero-order valence-corrected chi connectivity index (χ0v) is 25.5. The van der Waals surface area contributed by atoms with Crippen molar-refractivity contribution < 1.29 is 71.5 Å². The molecule has 24 heteroatoms. The van der Waals surface area contributed by atoms with Crippen molar-refractivity contribution in [1.82, 2.24) is 14.7 Å². The number of ether oxygens (including phenoxy) is 1. The Morgan fingerprint density at radius 1 is 0.978 bits per heavy atom. The van der Waals surface area contributed by atoms with Crippen molar-refractivity contribution in [2.24, 2.45) is 0 Å². The second kappa shape index (κ2) is 16.1. The number of nitro groups is 1. The number of hydrogen-bond donors (Lipinski definition) is 3. The number of carbonyl (C=O) groups excluding carboxylic acids is 2. The molecule has 15 nitrogen and oxygen atoms in total. The van der Waals surface area contributed by atoms with Crippen LogP contribution in [0.3, 0.4) is 0 Å². The normalized spacial score (nSPS) is 19.8. The average molecular weight is 723 g/mol. The predicted molar refractivity (Wildman–Crippen MR) is 145 cm³/mol. The molecule has 45 heavy (non-hydrogen) atoms. The smallest absolute Gasteiger partial charge is 0.445 e. The van der Waals surface area contributed by atoms with E-state index in [9.17, 15) is 46.0 Å². The maximum absolute atomic E-state index is 13.1. The summed E-state index contributed by atoms with van der Waals surface area (Å²) >= 11 is 4.48. The van der Waals surface area contributed by atoms with Gasteiger partial charge < -0.3 is 14.5 Å². The maximum atomic E-state index is 13.1. The van der Waals surface area contributed by atoms with Crippen LogP contribution in [-0.2, 0) is 36.4 Å². The van der Waals surface area contributed by atoms with E-state index in [1.165, 1.54) is 17.0 Å². The van der Waals surface area contributed by atoms with Crippen molar-refractivity contribution in [3.63, 3.8) is 0 Å². The number of nitrogens with zero attached hydrogens (tertiary/aromatic N) is 4. The summed E-state index contributed by atoms with van der Waals surface area (Å²) in [5, 5.41) is 10.6. The monoisotopic (exact) mass is 722 g/mol. The first-order chi connectivity index (χ1) is 20.3. The lowest BCUT2D eigenvalue weighted by atomic mass is 10.2. The van der Waals surface area contributed by atoms with Crippen LogP contribution in [-0.4, -0.2) is 120 Å². The van der Waals surface area contributed by atoms with Crippen molar-refractivity contribution in [3.8, 4) is 0 Å². The molecular weight excluding hydrogens is 694 g/mol. The summed E-state index contributed by atoms with van der Waals surface area (Å²) in [6.45, 7) is 3.43. The summed E-state index contributed by atoms with van der Waals surface area (Å²) in [7, 11) is -9.64. The number of amides is 2. The number of halogens is 6. The number of benzene rings is 1. The lowest BCUT2D eigenvalue weighted by Crippen LogP contribution is -2.48. The zero-order chi connectivity index (χ0) is 35.0. The number of rotatable bonds is 4. The highest BCUT2D eigenvalue weighted by Crippen LogP contribution is 2.26. The standard InChI is InChI=1S/C19H26N4O5S.2CHF3O3S/c1-20-7-2-8-21(10-9-20)18(24)17-11-16(29)12-22(17)19(25)28-13-14-3-5-15(6-4-14)23(26)27;2*2-1(3,4)8(5,6)7/h3-6,16-17,29H,2,7-13H2,1H3;2*(H,5,6,7)/t16-,17-;;/m0../s1. The van der Waals surface area contributed by atoms with Crippen LogP contribution in [0.2, 0.25) is 0 Å². The largest absolute Gasteiger partial charge is 0.522 e. The minimum atomic E-state index is -5.84. The molecule has 0 aromatic heterocycles. The molecule has 258 valence electrons. The van der Waals surface area contributed by atoms with Gasteiger partial charge in [-0.1, -0.05) is 0 Å². The van der Waals surface area contributed by atoms with Crippen LogP contribution in [0.15, 0.2) is 24.3 Å². The van der Waals surface area contributed by atoms with E-state index in [1.807, 2.05) is 11.9 Å². The number of thiol groups is 1. The van der Waals surface area contributed by atoms with Gasteiger partial charge in [-0.3, -0.25) is 28.9 Å². The molecule has 2 N–H and O–H groups in total. The highest BCUT2D eigenvalue weighted by atomic mass is 32.2. The van der Waals surface area contributed by atoms with Crippen LogP contribution in [0.25, 0.3) is 0 Å². The van der Waals surface area contributed by atoms with E-state index in [1.54, 1.807) is 12.1 Å². The van der Waals surface area contributed by atoms with E-state index in [2.05, 4.69) is 17.5 Å². The molecule has 2 aliphatic heterocycles. The Bertz CT molecular complexity index is 1350. The molecule has 0 unspecified atom stereocenters. The molecule has 2 aliphatic rings. The molecule has 2 saturated heterocycles. The van der Waals surface area contributed by atoms with Crippen LogP contribution in [0.1, 0.15) is 18.4 Å². The first kappa shape index (κ1) is 40.1. The molecule has 2 amide bonds. The third-order valence-corrected chi connectivity index (χ3v) is 7.47. The molecule has 0 spiro atoms. The van der Waals surface area contributed by atoms with Gasteiger partial charge in [0.1, 0.15) is 12.6 Å². The number of carbonyl (C=O) groups is 2. The highest BCUT2D eigenvalue weighted by molar-refractivity contribution is 7.86. The van der Waals surface area contributed by atoms with Gasteiger partial charge in [0.2, 0.25) is 5.91 Å². The Kier molecular flexibility index (Phi) is 14.3. The van der Waals surface area contributed by atoms with Gasteiger partial charge in [-0.05, 0) is 44.1 Å². The number of non-ortho nitro benzene ring substituents is 1. The molecule has 0 saturated carbocycles. The van der Waals surface area contributed by atoms with E-state index in [0.29, 0.717) is 31.6 Å². The van der Waals surface area contributed by atoms with Crippen molar-refractivity contribution in [2.75, 3.05) is 39.8 Å². The van der Waals surface area contributed by atoms with Gasteiger partial charge in [-0.15, -0.1) is 0 Å². The third kappa shape index (κ3) is 13.1. The lowest BCUT2D eigenvalue weighted by Gasteiger charge is -2.29. The van der Waals surface area contributed by atoms with E-state index < -0.39 is 48.3 Å². The van der Waals surface area contributed by atoms with Gasteiger partial charge in [0.25, 0.3) is 5.69 Å². The molecule has 0 bridgehead atoms. The Labute approximate surface area is 258 Å². The summed E-state index contributed by atoms with van der Waals surface area (Å²) < 4.78 is 120. The Morgan fingerprint density at radius 3 is 1.91 bits per heavy atom. The second-order valence-corrected chi connectivity index (χ2v) is 12.9. The number of likely N-dealkylation sites (N-methyl/N-ethyl adjacent to an activating group) is 1. The van der Waals surface area contributed by atoms with Crippen LogP contribution >= 0.6 is 12.6 Å². The van der Waals surface area contributed by atoms with E-state index in [-0.39, 0.29) is 23.5 Å². The van der Waals surface area contributed by atoms with Gasteiger partial charge in [-0.25, -0.2) is 4.79 Å². The van der Waals surface area contributed by atoms with Crippen molar-refractivity contribution in [3.05, 3.63) is 39.9 Å². The van der Waals surface area contributed by atoms with Gasteiger partial charge in [0.15, 0.2) is 0 Å². The van der Waals surface area contributed by atoms with Crippen LogP contribution in [0.4, 0.5) is 36.8 Å². The minimum absolute atomic E-state index is 0.0139. The van der Waals surface area contributed by atoms with E-state index in [4.69, 9.17) is 30.7 Å². The lowest BCUT2D eigenvalue weighted by molar-refractivity contribution is -0.384. The summed E-state index contributed by atoms with van der Waals surface area (Å²) in [6, 6.07) is 5.27. The molecule has 0 aliphatic carbocycles. The van der Waals surface area contributed by atoms with Crippen molar-refractivity contribution >= 4 is 50.6 Å². The second-order valence-electron chi connectivity index (χ2n) is 9.36.